The molecule has 0 radical (unpaired) electrons. The molecule has 0 spiro atoms. The summed E-state index contributed by atoms with van der Waals surface area (Å²) in [6.45, 7) is 5.03. The molecule has 0 atom stereocenters. The molecule has 0 bridgehead atoms. The largest absolute Gasteiger partial charge is 0.362 e. The molecule has 1 saturated heterocycles. The fourth-order valence-electron chi connectivity index (χ4n) is 4.20. The molecule has 4 heteroatoms. The van der Waals surface area contributed by atoms with Crippen LogP contribution < -0.4 is 15.1 Å². The smallest absolute Gasteiger partial charge is 0.243 e. The van der Waals surface area contributed by atoms with E-state index in [1.54, 1.807) is 4.90 Å². The number of quaternary nitrogens is 1. The molecule has 2 N–H and O–H groups in total. The molecule has 1 fully saturated rings. The Bertz CT molecular complexity index is 750. The van der Waals surface area contributed by atoms with Crippen LogP contribution in [0.5, 0.6) is 0 Å². The van der Waals surface area contributed by atoms with Crippen molar-refractivity contribution < 1.29 is 9.69 Å². The number of nitrogens with zero attached hydrogens (tertiary/aromatic N) is 1. The third-order valence-electron chi connectivity index (χ3n) is 5.54. The van der Waals surface area contributed by atoms with Gasteiger partial charge < -0.3 is 15.1 Å². The number of likely N-dealkylation sites (tertiary alicyclic amines) is 1. The predicted octanol–water partition coefficient (Wildman–Crippen LogP) is 2.26. The second kappa shape index (κ2) is 7.92. The standard InChI is InChI=1S/C22H27N3O/c26-22(17-25-15-5-7-19-6-1-2-8-21(19)25)23-20-11-9-18(10-12-20)16-24-13-3-4-14-24/h1-2,6,8-12H,3-5,7,13-17H2,(H,23,26)/p+1. The highest BCUT2D eigenvalue weighted by Crippen LogP contribution is 2.26. The van der Waals surface area contributed by atoms with Gasteiger partial charge in [0.2, 0.25) is 5.91 Å². The Hall–Kier alpha value is -2.33. The number of anilines is 2. The zero-order chi connectivity index (χ0) is 17.8. The third kappa shape index (κ3) is 4.07. The third-order valence-corrected chi connectivity index (χ3v) is 5.54. The van der Waals surface area contributed by atoms with Gasteiger partial charge in [-0.05, 0) is 36.6 Å². The Labute approximate surface area is 155 Å². The molecule has 4 nitrogen and oxygen atoms in total. The predicted molar refractivity (Wildman–Crippen MR) is 106 cm³/mol. The van der Waals surface area contributed by atoms with E-state index in [1.807, 2.05) is 12.1 Å². The van der Waals surface area contributed by atoms with E-state index in [9.17, 15) is 4.79 Å². The maximum absolute atomic E-state index is 12.5. The highest BCUT2D eigenvalue weighted by molar-refractivity contribution is 5.94. The number of hydrogen-bond donors (Lipinski definition) is 2. The summed E-state index contributed by atoms with van der Waals surface area (Å²) in [7, 11) is 0. The first-order valence-electron chi connectivity index (χ1n) is 9.83. The van der Waals surface area contributed by atoms with Crippen molar-refractivity contribution in [2.75, 3.05) is 36.4 Å². The lowest BCUT2D eigenvalue weighted by Gasteiger charge is -2.30. The van der Waals surface area contributed by atoms with Crippen LogP contribution in [0.25, 0.3) is 0 Å². The number of fused-ring (bicyclic) bond motifs is 1. The number of carbonyl (C=O) groups excluding carboxylic acids is 1. The van der Waals surface area contributed by atoms with Crippen molar-refractivity contribution in [2.45, 2.75) is 32.2 Å². The summed E-state index contributed by atoms with van der Waals surface area (Å²) >= 11 is 0. The van der Waals surface area contributed by atoms with Crippen LogP contribution in [0, 0.1) is 0 Å². The summed E-state index contributed by atoms with van der Waals surface area (Å²) < 4.78 is 0. The first-order chi connectivity index (χ1) is 12.8. The maximum atomic E-state index is 12.5. The molecule has 2 aromatic rings. The van der Waals surface area contributed by atoms with Crippen molar-refractivity contribution in [3.63, 3.8) is 0 Å². The van der Waals surface area contributed by atoms with Crippen molar-refractivity contribution in [1.29, 1.82) is 0 Å². The summed E-state index contributed by atoms with van der Waals surface area (Å²) in [5, 5.41) is 3.05. The minimum Gasteiger partial charge on any atom is -0.362 e. The van der Waals surface area contributed by atoms with Crippen molar-refractivity contribution in [3.8, 4) is 0 Å². The van der Waals surface area contributed by atoms with Crippen molar-refractivity contribution in [3.05, 3.63) is 59.7 Å². The normalized spacial score (nSPS) is 17.2. The molecule has 26 heavy (non-hydrogen) atoms. The van der Waals surface area contributed by atoms with Gasteiger partial charge in [-0.3, -0.25) is 4.79 Å². The van der Waals surface area contributed by atoms with Gasteiger partial charge in [-0.2, -0.15) is 0 Å². The summed E-state index contributed by atoms with van der Waals surface area (Å²) in [5.74, 6) is 0.0552. The monoisotopic (exact) mass is 350 g/mol. The number of rotatable bonds is 5. The zero-order valence-electron chi connectivity index (χ0n) is 15.3. The zero-order valence-corrected chi connectivity index (χ0v) is 15.3. The Morgan fingerprint density at radius 1 is 1.00 bits per heavy atom. The molecule has 2 heterocycles. The topological polar surface area (TPSA) is 36.8 Å². The number of carbonyl (C=O) groups is 1. The number of para-hydroxylation sites is 1. The van der Waals surface area contributed by atoms with Crippen LogP contribution >= 0.6 is 0 Å². The molecule has 4 rings (SSSR count). The van der Waals surface area contributed by atoms with Gasteiger partial charge in [0.05, 0.1) is 19.6 Å². The Kier molecular flexibility index (Phi) is 5.21. The number of hydrogen-bond acceptors (Lipinski definition) is 2. The summed E-state index contributed by atoms with van der Waals surface area (Å²) in [5.41, 5.74) is 4.79. The van der Waals surface area contributed by atoms with E-state index in [0.717, 1.165) is 31.6 Å². The molecule has 2 aromatic carbocycles. The van der Waals surface area contributed by atoms with Gasteiger partial charge in [-0.15, -0.1) is 0 Å². The Morgan fingerprint density at radius 3 is 2.58 bits per heavy atom. The number of aryl methyl sites for hydroxylation is 1. The lowest BCUT2D eigenvalue weighted by molar-refractivity contribution is -0.901. The second-order valence-electron chi connectivity index (χ2n) is 7.53. The van der Waals surface area contributed by atoms with E-state index in [1.165, 1.54) is 42.7 Å². The van der Waals surface area contributed by atoms with E-state index >= 15 is 0 Å². The highest BCUT2D eigenvalue weighted by Gasteiger charge is 2.19. The molecular weight excluding hydrogens is 322 g/mol. The molecule has 136 valence electrons. The van der Waals surface area contributed by atoms with E-state index in [-0.39, 0.29) is 5.91 Å². The average molecular weight is 350 g/mol. The fraction of sp³-hybridized carbons (Fsp3) is 0.409. The number of benzene rings is 2. The molecule has 2 aliphatic heterocycles. The van der Waals surface area contributed by atoms with E-state index in [0.29, 0.717) is 6.54 Å². The van der Waals surface area contributed by atoms with Crippen molar-refractivity contribution in [1.82, 2.24) is 0 Å². The van der Waals surface area contributed by atoms with Crippen LogP contribution in [-0.2, 0) is 17.8 Å². The molecule has 0 unspecified atom stereocenters. The van der Waals surface area contributed by atoms with Crippen LogP contribution in [0.2, 0.25) is 0 Å². The number of amides is 1. The van der Waals surface area contributed by atoms with Gasteiger partial charge >= 0.3 is 0 Å². The quantitative estimate of drug-likeness (QED) is 0.868. The Morgan fingerprint density at radius 2 is 1.77 bits per heavy atom. The van der Waals surface area contributed by atoms with Crippen LogP contribution in [0.4, 0.5) is 11.4 Å². The molecule has 1 amide bonds. The molecule has 0 saturated carbocycles. The van der Waals surface area contributed by atoms with Crippen LogP contribution in [0.15, 0.2) is 48.5 Å². The fourth-order valence-corrected chi connectivity index (χ4v) is 4.20. The van der Waals surface area contributed by atoms with E-state index in [2.05, 4.69) is 46.6 Å². The molecule has 0 aliphatic carbocycles. The number of nitrogens with one attached hydrogen (secondary N) is 2. The SMILES string of the molecule is O=C(CN1CCCc2ccccc21)Nc1ccc(C[NH+]2CCCC2)cc1. The van der Waals surface area contributed by atoms with E-state index < -0.39 is 0 Å². The van der Waals surface area contributed by atoms with Crippen LogP contribution in [0.1, 0.15) is 30.4 Å². The lowest BCUT2D eigenvalue weighted by atomic mass is 10.0. The minimum absolute atomic E-state index is 0.0552. The Balaban J connectivity index is 1.33. The van der Waals surface area contributed by atoms with Gasteiger partial charge in [-0.25, -0.2) is 0 Å². The average Bonchev–Trinajstić information content (AvgIpc) is 3.17. The highest BCUT2D eigenvalue weighted by atomic mass is 16.2. The lowest BCUT2D eigenvalue weighted by Crippen LogP contribution is -3.08. The molecular formula is C22H28N3O+. The molecule has 0 aromatic heterocycles. The first-order valence-corrected chi connectivity index (χ1v) is 9.83. The van der Waals surface area contributed by atoms with Gasteiger partial charge in [0.15, 0.2) is 0 Å². The van der Waals surface area contributed by atoms with Gasteiger partial charge in [0, 0.05) is 36.3 Å². The minimum atomic E-state index is 0.0552. The van der Waals surface area contributed by atoms with E-state index in [4.69, 9.17) is 0 Å². The second-order valence-corrected chi connectivity index (χ2v) is 7.53. The van der Waals surface area contributed by atoms with Crippen molar-refractivity contribution >= 4 is 17.3 Å². The maximum Gasteiger partial charge on any atom is 0.243 e. The summed E-state index contributed by atoms with van der Waals surface area (Å²) in [6, 6.07) is 16.8. The molecule has 2 aliphatic rings. The van der Waals surface area contributed by atoms with Crippen LogP contribution in [-0.4, -0.2) is 32.1 Å². The van der Waals surface area contributed by atoms with Gasteiger partial charge in [-0.1, -0.05) is 30.3 Å². The van der Waals surface area contributed by atoms with Gasteiger partial charge in [0.1, 0.15) is 6.54 Å². The summed E-state index contributed by atoms with van der Waals surface area (Å²) in [4.78, 5) is 16.4. The van der Waals surface area contributed by atoms with Crippen molar-refractivity contribution in [2.24, 2.45) is 0 Å². The van der Waals surface area contributed by atoms with Crippen LogP contribution in [0.3, 0.4) is 0 Å². The summed E-state index contributed by atoms with van der Waals surface area (Å²) in [6.07, 6.45) is 4.92. The van der Waals surface area contributed by atoms with Gasteiger partial charge in [0.25, 0.3) is 0 Å². The first kappa shape index (κ1) is 17.1.